The number of benzene rings is 2. The largest absolute Gasteiger partial charge is 0.494 e. The van der Waals surface area contributed by atoms with E-state index in [4.69, 9.17) is 16.3 Å². The third-order valence-electron chi connectivity index (χ3n) is 4.32. The lowest BCUT2D eigenvalue weighted by Crippen LogP contribution is -2.22. The molecule has 0 fully saturated rings. The van der Waals surface area contributed by atoms with Crippen molar-refractivity contribution in [3.63, 3.8) is 0 Å². The van der Waals surface area contributed by atoms with Gasteiger partial charge in [0.25, 0.3) is 5.56 Å². The lowest BCUT2D eigenvalue weighted by Gasteiger charge is -2.12. The monoisotopic (exact) mass is 471 g/mol. The maximum absolute atomic E-state index is 13.1. The van der Waals surface area contributed by atoms with Gasteiger partial charge in [-0.2, -0.15) is 0 Å². The van der Waals surface area contributed by atoms with Gasteiger partial charge in [-0.25, -0.2) is 4.98 Å². The molecule has 31 heavy (non-hydrogen) atoms. The van der Waals surface area contributed by atoms with Crippen molar-refractivity contribution in [2.45, 2.75) is 12.1 Å². The first-order valence-electron chi connectivity index (χ1n) is 9.47. The van der Waals surface area contributed by atoms with Gasteiger partial charge in [0.2, 0.25) is 5.91 Å². The first kappa shape index (κ1) is 21.4. The number of hydrogen-bond acceptors (Lipinski definition) is 6. The Kier molecular flexibility index (Phi) is 6.60. The zero-order valence-corrected chi connectivity index (χ0v) is 18.9. The van der Waals surface area contributed by atoms with E-state index in [0.717, 1.165) is 5.75 Å². The number of thioether (sulfide) groups is 1. The Bertz CT molecular complexity index is 1270. The molecule has 1 N–H and O–H groups in total. The molecule has 6 nitrogen and oxygen atoms in total. The summed E-state index contributed by atoms with van der Waals surface area (Å²) < 4.78 is 7.49. The van der Waals surface area contributed by atoms with Crippen molar-refractivity contribution in [1.82, 2.24) is 9.55 Å². The number of carbonyl (C=O) groups is 1. The number of ether oxygens (including phenoxy) is 1. The smallest absolute Gasteiger partial charge is 0.276 e. The first-order chi connectivity index (χ1) is 15.0. The van der Waals surface area contributed by atoms with Crippen molar-refractivity contribution in [3.8, 4) is 11.4 Å². The number of amides is 1. The summed E-state index contributed by atoms with van der Waals surface area (Å²) in [5.41, 5.74) is 1.77. The molecule has 4 aromatic rings. The molecule has 2 heterocycles. The second-order valence-electron chi connectivity index (χ2n) is 6.44. The molecule has 2 aromatic heterocycles. The standard InChI is InChI=1S/C22H18ClN3O3S2/c1-2-29-17-9-5-15(6-10-17)24-19(27)13-31-22-25-18-11-12-30-20(18)21(28)26(22)16-7-3-14(23)4-8-16/h3-12H,2,13H2,1H3,(H,24,27). The van der Waals surface area contributed by atoms with Gasteiger partial charge < -0.3 is 10.1 Å². The highest BCUT2D eigenvalue weighted by Crippen LogP contribution is 2.25. The van der Waals surface area contributed by atoms with Crippen LogP contribution in [0.5, 0.6) is 5.75 Å². The molecular formula is C22H18ClN3O3S2. The van der Waals surface area contributed by atoms with Gasteiger partial charge in [-0.15, -0.1) is 11.3 Å². The molecule has 0 spiro atoms. The lowest BCUT2D eigenvalue weighted by atomic mass is 10.3. The van der Waals surface area contributed by atoms with Crippen molar-refractivity contribution >= 4 is 56.5 Å². The van der Waals surface area contributed by atoms with Gasteiger partial charge in [0.1, 0.15) is 10.4 Å². The van der Waals surface area contributed by atoms with Crippen LogP contribution in [0, 0.1) is 0 Å². The number of anilines is 1. The van der Waals surface area contributed by atoms with Crippen LogP contribution in [-0.2, 0) is 4.79 Å². The summed E-state index contributed by atoms with van der Waals surface area (Å²) in [6.07, 6.45) is 0. The maximum atomic E-state index is 13.1. The van der Waals surface area contributed by atoms with Gasteiger partial charge in [-0.05, 0) is 66.9 Å². The van der Waals surface area contributed by atoms with E-state index in [9.17, 15) is 9.59 Å². The summed E-state index contributed by atoms with van der Waals surface area (Å²) in [5.74, 6) is 0.648. The Labute approximate surface area is 191 Å². The predicted molar refractivity (Wildman–Crippen MR) is 127 cm³/mol. The van der Waals surface area contributed by atoms with E-state index in [-0.39, 0.29) is 17.2 Å². The minimum Gasteiger partial charge on any atom is -0.494 e. The number of hydrogen-bond donors (Lipinski definition) is 1. The Morgan fingerprint density at radius 1 is 1.16 bits per heavy atom. The SMILES string of the molecule is CCOc1ccc(NC(=O)CSc2nc3ccsc3c(=O)n2-c2ccc(Cl)cc2)cc1. The summed E-state index contributed by atoms with van der Waals surface area (Å²) in [7, 11) is 0. The van der Waals surface area contributed by atoms with Gasteiger partial charge in [-0.3, -0.25) is 14.2 Å². The number of rotatable bonds is 7. The fourth-order valence-corrected chi connectivity index (χ4v) is 4.63. The Morgan fingerprint density at radius 3 is 2.61 bits per heavy atom. The van der Waals surface area contributed by atoms with Gasteiger partial charge in [-0.1, -0.05) is 23.4 Å². The zero-order chi connectivity index (χ0) is 21.8. The van der Waals surface area contributed by atoms with E-state index in [2.05, 4.69) is 10.3 Å². The number of nitrogens with one attached hydrogen (secondary N) is 1. The molecule has 0 radical (unpaired) electrons. The van der Waals surface area contributed by atoms with Crippen molar-refractivity contribution in [2.24, 2.45) is 0 Å². The van der Waals surface area contributed by atoms with Crippen LogP contribution in [0.25, 0.3) is 15.9 Å². The molecule has 0 saturated carbocycles. The van der Waals surface area contributed by atoms with E-state index in [1.807, 2.05) is 12.3 Å². The molecule has 0 aliphatic carbocycles. The summed E-state index contributed by atoms with van der Waals surface area (Å²) in [6.45, 7) is 2.50. The van der Waals surface area contributed by atoms with Crippen molar-refractivity contribution in [1.29, 1.82) is 0 Å². The van der Waals surface area contributed by atoms with Crippen molar-refractivity contribution in [2.75, 3.05) is 17.7 Å². The zero-order valence-electron chi connectivity index (χ0n) is 16.5. The summed E-state index contributed by atoms with van der Waals surface area (Å²) in [5, 5.41) is 5.70. The van der Waals surface area contributed by atoms with Gasteiger partial charge >= 0.3 is 0 Å². The Hall–Kier alpha value is -2.81. The van der Waals surface area contributed by atoms with Gasteiger partial charge in [0.05, 0.1) is 23.6 Å². The summed E-state index contributed by atoms with van der Waals surface area (Å²) in [6, 6.07) is 15.9. The van der Waals surface area contributed by atoms with Gasteiger partial charge in [0.15, 0.2) is 5.16 Å². The minimum absolute atomic E-state index is 0.100. The highest BCUT2D eigenvalue weighted by atomic mass is 35.5. The van der Waals surface area contributed by atoms with E-state index in [0.29, 0.717) is 38.4 Å². The van der Waals surface area contributed by atoms with E-state index in [1.54, 1.807) is 54.6 Å². The molecule has 4 rings (SSSR count). The van der Waals surface area contributed by atoms with E-state index >= 15 is 0 Å². The normalized spacial score (nSPS) is 10.9. The lowest BCUT2D eigenvalue weighted by molar-refractivity contribution is -0.113. The number of fused-ring (bicyclic) bond motifs is 1. The van der Waals surface area contributed by atoms with Crippen LogP contribution >= 0.6 is 34.7 Å². The average Bonchev–Trinajstić information content (AvgIpc) is 3.24. The second-order valence-corrected chi connectivity index (χ2v) is 8.74. The highest BCUT2D eigenvalue weighted by molar-refractivity contribution is 7.99. The number of thiophene rings is 1. The molecule has 0 aliphatic heterocycles. The van der Waals surface area contributed by atoms with Crippen LogP contribution < -0.4 is 15.6 Å². The molecule has 1 amide bonds. The number of nitrogens with zero attached hydrogens (tertiary/aromatic N) is 2. The van der Waals surface area contributed by atoms with E-state index in [1.165, 1.54) is 27.7 Å². The topological polar surface area (TPSA) is 73.2 Å². The van der Waals surface area contributed by atoms with E-state index < -0.39 is 0 Å². The van der Waals surface area contributed by atoms with Crippen LogP contribution in [-0.4, -0.2) is 27.8 Å². The Morgan fingerprint density at radius 2 is 1.90 bits per heavy atom. The molecular weight excluding hydrogens is 454 g/mol. The minimum atomic E-state index is -0.198. The fraction of sp³-hybridized carbons (Fsp3) is 0.136. The van der Waals surface area contributed by atoms with Crippen LogP contribution in [0.2, 0.25) is 5.02 Å². The molecule has 2 aromatic carbocycles. The molecule has 158 valence electrons. The third kappa shape index (κ3) is 4.92. The van der Waals surface area contributed by atoms with Crippen LogP contribution in [0.3, 0.4) is 0 Å². The second kappa shape index (κ2) is 9.55. The predicted octanol–water partition coefficient (Wildman–Crippen LogP) is 5.23. The first-order valence-corrected chi connectivity index (χ1v) is 11.7. The third-order valence-corrected chi connectivity index (χ3v) is 6.40. The van der Waals surface area contributed by atoms with Crippen LogP contribution in [0.15, 0.2) is 69.9 Å². The molecule has 0 atom stereocenters. The summed E-state index contributed by atoms with van der Waals surface area (Å²) >= 11 is 8.54. The maximum Gasteiger partial charge on any atom is 0.276 e. The van der Waals surface area contributed by atoms with Crippen LogP contribution in [0.4, 0.5) is 5.69 Å². The highest BCUT2D eigenvalue weighted by Gasteiger charge is 2.16. The van der Waals surface area contributed by atoms with Crippen molar-refractivity contribution in [3.05, 3.63) is 75.4 Å². The molecule has 0 saturated heterocycles. The average molecular weight is 472 g/mol. The fourth-order valence-electron chi connectivity index (χ4n) is 2.94. The number of halogens is 1. The Balaban J connectivity index is 1.56. The summed E-state index contributed by atoms with van der Waals surface area (Å²) in [4.78, 5) is 30.2. The van der Waals surface area contributed by atoms with Gasteiger partial charge in [0, 0.05) is 10.7 Å². The van der Waals surface area contributed by atoms with Crippen molar-refractivity contribution < 1.29 is 9.53 Å². The molecule has 0 aliphatic rings. The molecule has 0 bridgehead atoms. The molecule has 9 heteroatoms. The quantitative estimate of drug-likeness (QED) is 0.295. The number of carbonyl (C=O) groups excluding carboxylic acids is 1. The number of aromatic nitrogens is 2. The molecule has 0 unspecified atom stereocenters. The van der Waals surface area contributed by atoms with Crippen LogP contribution in [0.1, 0.15) is 6.92 Å².